The number of aromatic nitrogens is 4. The van der Waals surface area contributed by atoms with Gasteiger partial charge in [0.2, 0.25) is 0 Å². The lowest BCUT2D eigenvalue weighted by Gasteiger charge is -2.09. The number of halogens is 5. The predicted octanol–water partition coefficient (Wildman–Crippen LogP) is 5.83. The Balaban J connectivity index is 1.25. The number of hydrogen-bond acceptors (Lipinski definition) is 7. The fourth-order valence-electron chi connectivity index (χ4n) is 3.13. The first kappa shape index (κ1) is 25.6. The summed E-state index contributed by atoms with van der Waals surface area (Å²) < 4.78 is 43.3. The second kappa shape index (κ2) is 11.1. The first-order valence-electron chi connectivity index (χ1n) is 10.5. The highest BCUT2D eigenvalue weighted by Gasteiger charge is 2.31. The number of nitrogens with zero attached hydrogens (tertiary/aromatic N) is 4. The number of pyridine rings is 1. The fourth-order valence-corrected chi connectivity index (χ4v) is 3.61. The largest absolute Gasteiger partial charge is 0.505 e. The monoisotopic (exact) mass is 535 g/mol. The lowest BCUT2D eigenvalue weighted by atomic mass is 10.1. The molecule has 0 saturated heterocycles. The molecule has 12 heteroatoms. The van der Waals surface area contributed by atoms with Crippen LogP contribution in [0.5, 0.6) is 11.8 Å². The number of benzene rings is 2. The van der Waals surface area contributed by atoms with Gasteiger partial charge >= 0.3 is 12.2 Å². The average molecular weight is 536 g/mol. The van der Waals surface area contributed by atoms with Gasteiger partial charge in [-0.2, -0.15) is 13.2 Å². The molecule has 0 saturated carbocycles. The van der Waals surface area contributed by atoms with Crippen molar-refractivity contribution in [1.82, 2.24) is 25.5 Å². The van der Waals surface area contributed by atoms with Crippen molar-refractivity contribution in [1.29, 1.82) is 0 Å². The fraction of sp³-hybridized carbons (Fsp3) is 0.167. The smallest absolute Gasteiger partial charge is 0.433 e. The molecular weight excluding hydrogens is 518 g/mol. The molecule has 0 spiro atoms. The van der Waals surface area contributed by atoms with Gasteiger partial charge < -0.3 is 15.2 Å². The van der Waals surface area contributed by atoms with Crippen LogP contribution in [0.25, 0.3) is 11.3 Å². The van der Waals surface area contributed by atoms with Gasteiger partial charge in [-0.1, -0.05) is 58.6 Å². The molecule has 0 atom stereocenters. The second-order valence-corrected chi connectivity index (χ2v) is 8.49. The SMILES string of the molecule is Oc1c(Cl)cc(-c2cnc(OCc3ccc(CNCc4ccc(C(F)(F)F)nc4)cc3)nn2)cc1Cl. The molecule has 2 heterocycles. The van der Waals surface area contributed by atoms with E-state index in [-0.39, 0.29) is 28.4 Å². The molecule has 0 aliphatic heterocycles. The predicted molar refractivity (Wildman–Crippen MR) is 128 cm³/mol. The van der Waals surface area contributed by atoms with E-state index in [1.807, 2.05) is 24.3 Å². The number of hydrogen-bond donors (Lipinski definition) is 2. The van der Waals surface area contributed by atoms with Gasteiger partial charge in [-0.05, 0) is 34.9 Å². The summed E-state index contributed by atoms with van der Waals surface area (Å²) in [5, 5.41) is 21.0. The van der Waals surface area contributed by atoms with Crippen molar-refractivity contribution >= 4 is 23.2 Å². The Morgan fingerprint density at radius 3 is 2.06 bits per heavy atom. The summed E-state index contributed by atoms with van der Waals surface area (Å²) in [7, 11) is 0. The Labute approximate surface area is 213 Å². The molecule has 36 heavy (non-hydrogen) atoms. The molecule has 4 rings (SSSR count). The quantitative estimate of drug-likeness (QED) is 0.293. The number of rotatable bonds is 8. The number of alkyl halides is 3. The summed E-state index contributed by atoms with van der Waals surface area (Å²) in [5.74, 6) is -0.207. The molecule has 0 fully saturated rings. The minimum Gasteiger partial charge on any atom is -0.505 e. The van der Waals surface area contributed by atoms with E-state index >= 15 is 0 Å². The molecular formula is C24H18Cl2F3N5O2. The van der Waals surface area contributed by atoms with Gasteiger partial charge in [0, 0.05) is 24.8 Å². The van der Waals surface area contributed by atoms with Crippen LogP contribution in [-0.2, 0) is 25.9 Å². The molecule has 0 bridgehead atoms. The van der Waals surface area contributed by atoms with Crippen LogP contribution in [0, 0.1) is 0 Å². The minimum atomic E-state index is -4.44. The van der Waals surface area contributed by atoms with Crippen molar-refractivity contribution < 1.29 is 23.0 Å². The van der Waals surface area contributed by atoms with Crippen LogP contribution in [-0.4, -0.2) is 25.3 Å². The molecule has 186 valence electrons. The van der Waals surface area contributed by atoms with Crippen molar-refractivity contribution in [3.8, 4) is 23.0 Å². The Bertz CT molecular complexity index is 1300. The van der Waals surface area contributed by atoms with E-state index in [2.05, 4.69) is 25.5 Å². The molecule has 0 aliphatic carbocycles. The van der Waals surface area contributed by atoms with Gasteiger partial charge in [-0.25, -0.2) is 4.98 Å². The molecule has 0 unspecified atom stereocenters. The zero-order valence-corrected chi connectivity index (χ0v) is 19.9. The topological polar surface area (TPSA) is 93.1 Å². The maximum Gasteiger partial charge on any atom is 0.433 e. The maximum absolute atomic E-state index is 12.6. The van der Waals surface area contributed by atoms with Crippen LogP contribution < -0.4 is 10.1 Å². The summed E-state index contributed by atoms with van der Waals surface area (Å²) in [6.45, 7) is 1.14. The van der Waals surface area contributed by atoms with Crippen molar-refractivity contribution in [2.75, 3.05) is 0 Å². The van der Waals surface area contributed by atoms with Crippen molar-refractivity contribution in [3.63, 3.8) is 0 Å². The highest BCUT2D eigenvalue weighted by Crippen LogP contribution is 2.35. The molecule has 0 aliphatic rings. The van der Waals surface area contributed by atoms with Crippen LogP contribution in [0.2, 0.25) is 10.0 Å². The third-order valence-corrected chi connectivity index (χ3v) is 5.59. The van der Waals surface area contributed by atoms with E-state index < -0.39 is 11.9 Å². The molecule has 4 aromatic rings. The van der Waals surface area contributed by atoms with Crippen LogP contribution in [0.1, 0.15) is 22.4 Å². The number of phenolic OH excluding ortho intramolecular Hbond substituents is 1. The molecule has 2 N–H and O–H groups in total. The Morgan fingerprint density at radius 2 is 1.47 bits per heavy atom. The molecule has 2 aromatic carbocycles. The average Bonchev–Trinajstić information content (AvgIpc) is 2.86. The zero-order chi connectivity index (χ0) is 25.7. The third kappa shape index (κ3) is 6.60. The minimum absolute atomic E-state index is 0.0885. The Kier molecular flexibility index (Phi) is 7.88. The summed E-state index contributed by atoms with van der Waals surface area (Å²) in [5.41, 5.74) is 2.59. The Hall–Kier alpha value is -3.47. The van der Waals surface area contributed by atoms with E-state index in [4.69, 9.17) is 27.9 Å². The summed E-state index contributed by atoms with van der Waals surface area (Å²) in [6.07, 6.45) is -1.77. The third-order valence-electron chi connectivity index (χ3n) is 5.02. The van der Waals surface area contributed by atoms with Crippen LogP contribution >= 0.6 is 23.2 Å². The van der Waals surface area contributed by atoms with Crippen LogP contribution in [0.4, 0.5) is 13.2 Å². The van der Waals surface area contributed by atoms with E-state index in [0.717, 1.165) is 17.2 Å². The van der Waals surface area contributed by atoms with E-state index in [9.17, 15) is 18.3 Å². The summed E-state index contributed by atoms with van der Waals surface area (Å²) in [6, 6.07) is 13.1. The molecule has 0 radical (unpaired) electrons. The second-order valence-electron chi connectivity index (χ2n) is 7.67. The molecule has 7 nitrogen and oxygen atoms in total. The summed E-state index contributed by atoms with van der Waals surface area (Å²) >= 11 is 11.9. The first-order valence-corrected chi connectivity index (χ1v) is 11.3. The highest BCUT2D eigenvalue weighted by molar-refractivity contribution is 6.37. The van der Waals surface area contributed by atoms with Crippen molar-refractivity contribution in [2.45, 2.75) is 25.9 Å². The van der Waals surface area contributed by atoms with Gasteiger partial charge in [-0.15, -0.1) is 5.10 Å². The van der Waals surface area contributed by atoms with E-state index in [1.54, 1.807) is 0 Å². The van der Waals surface area contributed by atoms with Gasteiger partial charge in [0.25, 0.3) is 0 Å². The molecule has 2 aromatic heterocycles. The number of phenols is 1. The molecule has 0 amide bonds. The lowest BCUT2D eigenvalue weighted by Crippen LogP contribution is -2.14. The van der Waals surface area contributed by atoms with Crippen molar-refractivity contribution in [3.05, 3.63) is 93.4 Å². The number of ether oxygens (including phenoxy) is 1. The Morgan fingerprint density at radius 1 is 0.833 bits per heavy atom. The standard InChI is InChI=1S/C24H18Cl2F3N5O2/c25-18-7-17(8-19(26)22(18)35)20-12-32-23(34-33-20)36-13-15-3-1-14(2-4-15)9-30-10-16-5-6-21(31-11-16)24(27,28)29/h1-8,11-12,30,35H,9-10,13H2. The van der Waals surface area contributed by atoms with Gasteiger partial charge in [-0.3, -0.25) is 4.98 Å². The normalized spacial score (nSPS) is 11.5. The van der Waals surface area contributed by atoms with Gasteiger partial charge in [0.05, 0.1) is 16.2 Å². The maximum atomic E-state index is 12.6. The number of nitrogens with one attached hydrogen (secondary N) is 1. The highest BCUT2D eigenvalue weighted by atomic mass is 35.5. The van der Waals surface area contributed by atoms with Crippen LogP contribution in [0.15, 0.2) is 60.9 Å². The number of aromatic hydroxyl groups is 1. The first-order chi connectivity index (χ1) is 17.2. The zero-order valence-electron chi connectivity index (χ0n) is 18.4. The van der Waals surface area contributed by atoms with E-state index in [1.165, 1.54) is 30.6 Å². The van der Waals surface area contributed by atoms with Crippen LogP contribution in [0.3, 0.4) is 0 Å². The lowest BCUT2D eigenvalue weighted by molar-refractivity contribution is -0.141. The summed E-state index contributed by atoms with van der Waals surface area (Å²) in [4.78, 5) is 7.59. The van der Waals surface area contributed by atoms with Gasteiger partial charge in [0.15, 0.2) is 5.75 Å². The van der Waals surface area contributed by atoms with Crippen molar-refractivity contribution in [2.24, 2.45) is 0 Å². The van der Waals surface area contributed by atoms with Gasteiger partial charge in [0.1, 0.15) is 18.0 Å². The van der Waals surface area contributed by atoms with E-state index in [0.29, 0.717) is 29.9 Å².